The van der Waals surface area contributed by atoms with Crippen LogP contribution in [0.25, 0.3) is 11.1 Å². The maximum absolute atomic E-state index is 12.9. The number of rotatable bonds is 3. The Morgan fingerprint density at radius 2 is 2.25 bits per heavy atom. The van der Waals surface area contributed by atoms with E-state index >= 15 is 0 Å². The minimum Gasteiger partial charge on any atom is -0.480 e. The SMILES string of the molecule is O=C(O)Cn1cc(-c2cccc(F)c2)cn1. The predicted octanol–water partition coefficient (Wildman–Crippen LogP) is 1.77. The van der Waals surface area contributed by atoms with E-state index in [4.69, 9.17) is 5.11 Å². The third kappa shape index (κ3) is 2.25. The van der Waals surface area contributed by atoms with Crippen LogP contribution in [0.5, 0.6) is 0 Å². The van der Waals surface area contributed by atoms with Crippen molar-refractivity contribution in [2.75, 3.05) is 0 Å². The fraction of sp³-hybridized carbons (Fsp3) is 0.0909. The van der Waals surface area contributed by atoms with Gasteiger partial charge in [0.1, 0.15) is 12.4 Å². The van der Waals surface area contributed by atoms with Gasteiger partial charge in [-0.3, -0.25) is 9.48 Å². The smallest absolute Gasteiger partial charge is 0.325 e. The van der Waals surface area contributed by atoms with E-state index in [9.17, 15) is 9.18 Å². The molecule has 0 aliphatic carbocycles. The molecule has 0 unspecified atom stereocenters. The topological polar surface area (TPSA) is 55.1 Å². The van der Waals surface area contributed by atoms with Crippen molar-refractivity contribution in [2.24, 2.45) is 0 Å². The van der Waals surface area contributed by atoms with Crippen LogP contribution in [0, 0.1) is 5.82 Å². The molecule has 0 atom stereocenters. The highest BCUT2D eigenvalue weighted by Gasteiger charge is 2.04. The van der Waals surface area contributed by atoms with Crippen molar-refractivity contribution < 1.29 is 14.3 Å². The molecule has 0 spiro atoms. The highest BCUT2D eigenvalue weighted by Crippen LogP contribution is 2.18. The maximum atomic E-state index is 12.9. The number of carboxylic acids is 1. The van der Waals surface area contributed by atoms with Crippen LogP contribution in [-0.2, 0) is 11.3 Å². The van der Waals surface area contributed by atoms with E-state index in [0.29, 0.717) is 11.1 Å². The number of hydrogen-bond donors (Lipinski definition) is 1. The Hall–Kier alpha value is -2.17. The van der Waals surface area contributed by atoms with Crippen LogP contribution >= 0.6 is 0 Å². The summed E-state index contributed by atoms with van der Waals surface area (Å²) in [5.41, 5.74) is 1.37. The molecule has 16 heavy (non-hydrogen) atoms. The molecule has 1 aromatic heterocycles. The molecule has 0 saturated heterocycles. The second kappa shape index (κ2) is 4.14. The number of carbonyl (C=O) groups is 1. The fourth-order valence-electron chi connectivity index (χ4n) is 1.41. The Morgan fingerprint density at radius 3 is 2.94 bits per heavy atom. The van der Waals surface area contributed by atoms with E-state index in [0.717, 1.165) is 0 Å². The van der Waals surface area contributed by atoms with Crippen molar-refractivity contribution in [2.45, 2.75) is 6.54 Å². The van der Waals surface area contributed by atoms with Crippen molar-refractivity contribution in [1.82, 2.24) is 9.78 Å². The molecular formula is C11H9FN2O2. The number of hydrogen-bond acceptors (Lipinski definition) is 2. The van der Waals surface area contributed by atoms with E-state index in [-0.39, 0.29) is 12.4 Å². The standard InChI is InChI=1S/C11H9FN2O2/c12-10-3-1-2-8(4-10)9-5-13-14(6-9)7-11(15)16/h1-6H,7H2,(H,15,16). The van der Waals surface area contributed by atoms with E-state index in [1.54, 1.807) is 18.3 Å². The molecule has 1 aromatic carbocycles. The fourth-order valence-corrected chi connectivity index (χ4v) is 1.41. The van der Waals surface area contributed by atoms with Gasteiger partial charge in [0.05, 0.1) is 6.20 Å². The lowest BCUT2D eigenvalue weighted by Gasteiger charge is -1.96. The molecule has 0 fully saturated rings. The molecule has 0 saturated carbocycles. The first-order valence-electron chi connectivity index (χ1n) is 4.65. The first-order valence-corrected chi connectivity index (χ1v) is 4.65. The molecule has 0 radical (unpaired) electrons. The molecule has 82 valence electrons. The van der Waals surface area contributed by atoms with Gasteiger partial charge in [0.15, 0.2) is 0 Å². The minimum atomic E-state index is -0.964. The Labute approximate surface area is 90.9 Å². The molecule has 0 bridgehead atoms. The van der Waals surface area contributed by atoms with Crippen molar-refractivity contribution >= 4 is 5.97 Å². The quantitative estimate of drug-likeness (QED) is 0.857. The van der Waals surface area contributed by atoms with Crippen molar-refractivity contribution in [3.63, 3.8) is 0 Å². The summed E-state index contributed by atoms with van der Waals surface area (Å²) >= 11 is 0. The lowest BCUT2D eigenvalue weighted by molar-refractivity contribution is -0.137. The summed E-state index contributed by atoms with van der Waals surface area (Å²) in [5.74, 6) is -1.29. The molecule has 0 amide bonds. The molecule has 0 aliphatic rings. The number of nitrogens with zero attached hydrogens (tertiary/aromatic N) is 2. The van der Waals surface area contributed by atoms with Crippen LogP contribution in [-0.4, -0.2) is 20.9 Å². The summed E-state index contributed by atoms with van der Waals surface area (Å²) in [6, 6.07) is 6.07. The normalized spacial score (nSPS) is 10.3. The van der Waals surface area contributed by atoms with Gasteiger partial charge in [-0.1, -0.05) is 12.1 Å². The molecule has 5 heteroatoms. The van der Waals surface area contributed by atoms with Crippen LogP contribution in [0.4, 0.5) is 4.39 Å². The zero-order valence-electron chi connectivity index (χ0n) is 8.30. The van der Waals surface area contributed by atoms with Crippen LogP contribution < -0.4 is 0 Å². The van der Waals surface area contributed by atoms with Gasteiger partial charge in [-0.15, -0.1) is 0 Å². The zero-order chi connectivity index (χ0) is 11.5. The van der Waals surface area contributed by atoms with Gasteiger partial charge >= 0.3 is 5.97 Å². The van der Waals surface area contributed by atoms with E-state index in [2.05, 4.69) is 5.10 Å². The van der Waals surface area contributed by atoms with E-state index in [1.807, 2.05) is 0 Å². The van der Waals surface area contributed by atoms with Gasteiger partial charge in [-0.25, -0.2) is 4.39 Å². The Balaban J connectivity index is 2.28. The van der Waals surface area contributed by atoms with Crippen molar-refractivity contribution in [3.8, 4) is 11.1 Å². The molecule has 2 rings (SSSR count). The van der Waals surface area contributed by atoms with Crippen LogP contribution in [0.15, 0.2) is 36.7 Å². The second-order valence-electron chi connectivity index (χ2n) is 3.33. The summed E-state index contributed by atoms with van der Waals surface area (Å²) in [5, 5.41) is 12.4. The van der Waals surface area contributed by atoms with Gasteiger partial charge in [0.25, 0.3) is 0 Å². The largest absolute Gasteiger partial charge is 0.480 e. The third-order valence-electron chi connectivity index (χ3n) is 2.09. The van der Waals surface area contributed by atoms with Crippen LogP contribution in [0.3, 0.4) is 0 Å². The molecular weight excluding hydrogens is 211 g/mol. The third-order valence-corrected chi connectivity index (χ3v) is 2.09. The Morgan fingerprint density at radius 1 is 1.44 bits per heavy atom. The molecule has 4 nitrogen and oxygen atoms in total. The van der Waals surface area contributed by atoms with Crippen LogP contribution in [0.2, 0.25) is 0 Å². The first kappa shape index (κ1) is 10.4. The zero-order valence-corrected chi connectivity index (χ0v) is 8.30. The predicted molar refractivity (Wildman–Crippen MR) is 55.3 cm³/mol. The molecule has 1 N–H and O–H groups in total. The minimum absolute atomic E-state index is 0.199. The van der Waals surface area contributed by atoms with Crippen molar-refractivity contribution in [1.29, 1.82) is 0 Å². The van der Waals surface area contributed by atoms with Crippen LogP contribution in [0.1, 0.15) is 0 Å². The Bertz CT molecular complexity index is 522. The number of aliphatic carboxylic acids is 1. The van der Waals surface area contributed by atoms with Gasteiger partial charge in [0, 0.05) is 11.8 Å². The monoisotopic (exact) mass is 220 g/mol. The van der Waals surface area contributed by atoms with E-state index in [1.165, 1.54) is 23.0 Å². The molecule has 0 aliphatic heterocycles. The van der Waals surface area contributed by atoms with Gasteiger partial charge in [0.2, 0.25) is 0 Å². The van der Waals surface area contributed by atoms with Gasteiger partial charge in [-0.2, -0.15) is 5.10 Å². The van der Waals surface area contributed by atoms with Gasteiger partial charge < -0.3 is 5.11 Å². The summed E-state index contributed by atoms with van der Waals surface area (Å²) in [7, 11) is 0. The van der Waals surface area contributed by atoms with Gasteiger partial charge in [-0.05, 0) is 17.7 Å². The number of benzene rings is 1. The lowest BCUT2D eigenvalue weighted by Crippen LogP contribution is -2.08. The second-order valence-corrected chi connectivity index (χ2v) is 3.33. The highest BCUT2D eigenvalue weighted by molar-refractivity contribution is 5.67. The summed E-state index contributed by atoms with van der Waals surface area (Å²) < 4.78 is 14.2. The number of carboxylic acid groups (broad SMARTS) is 1. The highest BCUT2D eigenvalue weighted by atomic mass is 19.1. The summed E-state index contributed by atoms with van der Waals surface area (Å²) in [4.78, 5) is 10.4. The Kier molecular flexibility index (Phi) is 2.68. The lowest BCUT2D eigenvalue weighted by atomic mass is 10.1. The average Bonchev–Trinajstić information content (AvgIpc) is 2.65. The summed E-state index contributed by atoms with van der Waals surface area (Å²) in [6.07, 6.45) is 3.08. The maximum Gasteiger partial charge on any atom is 0.325 e. The number of aromatic nitrogens is 2. The summed E-state index contributed by atoms with van der Waals surface area (Å²) in [6.45, 7) is -0.199. The molecule has 1 heterocycles. The van der Waals surface area contributed by atoms with E-state index < -0.39 is 5.97 Å². The van der Waals surface area contributed by atoms with Crippen molar-refractivity contribution in [3.05, 3.63) is 42.5 Å². The average molecular weight is 220 g/mol. The molecule has 2 aromatic rings. The first-order chi connectivity index (χ1) is 7.65. The number of halogens is 1.